The summed E-state index contributed by atoms with van der Waals surface area (Å²) in [6.07, 6.45) is -5.08. The van der Waals surface area contributed by atoms with Gasteiger partial charge in [0.25, 0.3) is 0 Å². The van der Waals surface area contributed by atoms with Crippen LogP contribution in [0.4, 0.5) is 13.2 Å². The molecule has 0 saturated heterocycles. The number of carboxylic acid groups (broad SMARTS) is 1. The molecule has 0 aliphatic heterocycles. The van der Waals surface area contributed by atoms with Gasteiger partial charge in [-0.15, -0.1) is 11.6 Å². The molecule has 3 nitrogen and oxygen atoms in total. The van der Waals surface area contributed by atoms with Crippen molar-refractivity contribution in [2.45, 2.75) is 6.18 Å². The van der Waals surface area contributed by atoms with E-state index in [1.54, 1.807) is 0 Å². The zero-order chi connectivity index (χ0) is 9.49. The highest BCUT2D eigenvalue weighted by Gasteiger charge is 2.38. The van der Waals surface area contributed by atoms with Crippen LogP contribution in [0.3, 0.4) is 0 Å². The van der Waals surface area contributed by atoms with Gasteiger partial charge in [0.15, 0.2) is 0 Å². The molecule has 0 spiro atoms. The van der Waals surface area contributed by atoms with E-state index in [4.69, 9.17) is 27.2 Å². The van der Waals surface area contributed by atoms with E-state index in [0.29, 0.717) is 12.4 Å². The monoisotopic (exact) mass is 193 g/mol. The van der Waals surface area contributed by atoms with Crippen molar-refractivity contribution >= 4 is 17.6 Å². The Balaban J connectivity index is 0. The van der Waals surface area contributed by atoms with Gasteiger partial charge in [0.2, 0.25) is 0 Å². The average Bonchev–Trinajstić information content (AvgIpc) is 1.87. The van der Waals surface area contributed by atoms with Gasteiger partial charge in [0.1, 0.15) is 0 Å². The molecule has 0 fully saturated rings. The van der Waals surface area contributed by atoms with Gasteiger partial charge in [0, 0.05) is 12.4 Å². The summed E-state index contributed by atoms with van der Waals surface area (Å²) in [5.74, 6) is -2.19. The first kappa shape index (κ1) is 13.1. The van der Waals surface area contributed by atoms with E-state index in [9.17, 15) is 13.2 Å². The van der Waals surface area contributed by atoms with Gasteiger partial charge in [-0.25, -0.2) is 4.79 Å². The average molecular weight is 194 g/mol. The lowest BCUT2D eigenvalue weighted by molar-refractivity contribution is -0.192. The molecule has 0 amide bonds. The lowest BCUT2D eigenvalue weighted by Gasteiger charge is -1.93. The molecule has 0 aromatic carbocycles. The first-order valence-corrected chi connectivity index (χ1v) is 2.95. The number of carboxylic acids is 1. The minimum atomic E-state index is -5.08. The summed E-state index contributed by atoms with van der Waals surface area (Å²) in [6, 6.07) is 0. The molecule has 0 saturated carbocycles. The minimum Gasteiger partial charge on any atom is -0.475 e. The van der Waals surface area contributed by atoms with E-state index in [-0.39, 0.29) is 0 Å². The second kappa shape index (κ2) is 6.23. The molecule has 11 heavy (non-hydrogen) atoms. The number of rotatable bonds is 1. The van der Waals surface area contributed by atoms with Crippen LogP contribution in [0.5, 0.6) is 0 Å². The minimum absolute atomic E-state index is 0.569. The molecular weight excluding hydrogens is 186 g/mol. The van der Waals surface area contributed by atoms with Gasteiger partial charge >= 0.3 is 12.1 Å². The Hall–Kier alpha value is -0.490. The summed E-state index contributed by atoms with van der Waals surface area (Å²) < 4.78 is 31.7. The quantitative estimate of drug-likeness (QED) is 0.606. The molecule has 0 radical (unpaired) electrons. The van der Waals surface area contributed by atoms with Gasteiger partial charge in [-0.05, 0) is 0 Å². The van der Waals surface area contributed by atoms with Crippen LogP contribution in [-0.2, 0) is 4.79 Å². The van der Waals surface area contributed by atoms with E-state index in [0.717, 1.165) is 0 Å². The summed E-state index contributed by atoms with van der Waals surface area (Å²) in [5, 5.41) is 7.12. The standard InChI is InChI=1S/C2H6ClN.C2HF3O2/c3-1-2-4;3-2(4,5)1(6)7/h1-2,4H2;(H,6,7). The summed E-state index contributed by atoms with van der Waals surface area (Å²) in [4.78, 5) is 8.90. The highest BCUT2D eigenvalue weighted by Crippen LogP contribution is 2.13. The summed E-state index contributed by atoms with van der Waals surface area (Å²) in [5.41, 5.74) is 4.90. The zero-order valence-electron chi connectivity index (χ0n) is 5.36. The number of nitrogens with two attached hydrogens (primary N) is 1. The fourth-order valence-corrected chi connectivity index (χ4v) is 0. The second-order valence-corrected chi connectivity index (χ2v) is 1.66. The predicted octanol–water partition coefficient (Wildman–Crippen LogP) is 0.817. The molecule has 0 unspecified atom stereocenters. The number of hydrogen-bond acceptors (Lipinski definition) is 2. The normalized spacial score (nSPS) is 9.91. The Morgan fingerprint density at radius 3 is 1.73 bits per heavy atom. The lowest BCUT2D eigenvalue weighted by Crippen LogP contribution is -2.21. The molecule has 68 valence electrons. The number of halogens is 4. The second-order valence-electron chi connectivity index (χ2n) is 1.28. The highest BCUT2D eigenvalue weighted by molar-refractivity contribution is 6.18. The van der Waals surface area contributed by atoms with Crippen molar-refractivity contribution in [3.8, 4) is 0 Å². The Bertz CT molecular complexity index is 114. The van der Waals surface area contributed by atoms with Crippen molar-refractivity contribution in [3.63, 3.8) is 0 Å². The largest absolute Gasteiger partial charge is 0.490 e. The fourth-order valence-electron chi connectivity index (χ4n) is 0. The summed E-state index contributed by atoms with van der Waals surface area (Å²) in [7, 11) is 0. The maximum Gasteiger partial charge on any atom is 0.490 e. The van der Waals surface area contributed by atoms with E-state index >= 15 is 0 Å². The Morgan fingerprint density at radius 2 is 1.73 bits per heavy atom. The fraction of sp³-hybridized carbons (Fsp3) is 0.750. The molecule has 0 aliphatic rings. The van der Waals surface area contributed by atoms with Crippen molar-refractivity contribution in [1.29, 1.82) is 0 Å². The number of alkyl halides is 4. The van der Waals surface area contributed by atoms with Gasteiger partial charge < -0.3 is 10.8 Å². The smallest absolute Gasteiger partial charge is 0.475 e. The first-order valence-electron chi connectivity index (χ1n) is 2.42. The van der Waals surface area contributed by atoms with Crippen LogP contribution >= 0.6 is 11.6 Å². The van der Waals surface area contributed by atoms with Crippen molar-refractivity contribution < 1.29 is 23.1 Å². The third kappa shape index (κ3) is 12.7. The van der Waals surface area contributed by atoms with Crippen LogP contribution in [0.25, 0.3) is 0 Å². The maximum atomic E-state index is 10.6. The van der Waals surface area contributed by atoms with Crippen molar-refractivity contribution in [3.05, 3.63) is 0 Å². The van der Waals surface area contributed by atoms with Gasteiger partial charge in [0.05, 0.1) is 0 Å². The van der Waals surface area contributed by atoms with Crippen molar-refractivity contribution in [1.82, 2.24) is 0 Å². The summed E-state index contributed by atoms with van der Waals surface area (Å²) >= 11 is 5.06. The van der Waals surface area contributed by atoms with Crippen LogP contribution in [-0.4, -0.2) is 29.7 Å². The highest BCUT2D eigenvalue weighted by atomic mass is 35.5. The van der Waals surface area contributed by atoms with Crippen LogP contribution in [0.15, 0.2) is 0 Å². The number of hydrogen-bond donors (Lipinski definition) is 2. The zero-order valence-corrected chi connectivity index (χ0v) is 6.11. The van der Waals surface area contributed by atoms with Crippen molar-refractivity contribution in [2.24, 2.45) is 5.73 Å². The van der Waals surface area contributed by atoms with Crippen LogP contribution < -0.4 is 5.73 Å². The molecule has 0 atom stereocenters. The summed E-state index contributed by atoms with van der Waals surface area (Å²) in [6.45, 7) is 0.585. The molecule has 0 heterocycles. The topological polar surface area (TPSA) is 63.3 Å². The maximum absolute atomic E-state index is 10.6. The van der Waals surface area contributed by atoms with Gasteiger partial charge in [-0.3, -0.25) is 0 Å². The van der Waals surface area contributed by atoms with Crippen molar-refractivity contribution in [2.75, 3.05) is 12.4 Å². The third-order valence-electron chi connectivity index (χ3n) is 0.352. The van der Waals surface area contributed by atoms with Crippen LogP contribution in [0, 0.1) is 0 Å². The number of carbonyl (C=O) groups is 1. The SMILES string of the molecule is NCCCl.O=C(O)C(F)(F)F. The molecular formula is C4H7ClF3NO2. The molecule has 0 aromatic rings. The van der Waals surface area contributed by atoms with E-state index in [2.05, 4.69) is 0 Å². The molecule has 3 N–H and O–H groups in total. The van der Waals surface area contributed by atoms with Gasteiger partial charge in [-0.1, -0.05) is 0 Å². The predicted molar refractivity (Wildman–Crippen MR) is 33.5 cm³/mol. The molecule has 0 rings (SSSR count). The molecule has 0 aromatic heterocycles. The van der Waals surface area contributed by atoms with E-state index in [1.165, 1.54) is 0 Å². The van der Waals surface area contributed by atoms with Gasteiger partial charge in [-0.2, -0.15) is 13.2 Å². The Morgan fingerprint density at radius 1 is 1.55 bits per heavy atom. The Labute approximate surface area is 65.9 Å². The molecule has 7 heteroatoms. The molecule has 0 bridgehead atoms. The lowest BCUT2D eigenvalue weighted by atomic mass is 10.7. The van der Waals surface area contributed by atoms with E-state index < -0.39 is 12.1 Å². The van der Waals surface area contributed by atoms with Crippen LogP contribution in [0.2, 0.25) is 0 Å². The Kier molecular flexibility index (Phi) is 7.44. The van der Waals surface area contributed by atoms with Crippen LogP contribution in [0.1, 0.15) is 0 Å². The third-order valence-corrected chi connectivity index (χ3v) is 0.570. The molecule has 0 aliphatic carbocycles. The number of aliphatic carboxylic acids is 1. The first-order chi connectivity index (χ1) is 4.86. The van der Waals surface area contributed by atoms with E-state index in [1.807, 2.05) is 0 Å².